The highest BCUT2D eigenvalue weighted by Gasteiger charge is 2.28. The monoisotopic (exact) mass is 536 g/mol. The number of pyridine rings is 1. The summed E-state index contributed by atoms with van der Waals surface area (Å²) in [5.41, 5.74) is 6.05. The van der Waals surface area contributed by atoms with Crippen LogP contribution in [0.1, 0.15) is 29.3 Å². The molecule has 1 aliphatic carbocycles. The van der Waals surface area contributed by atoms with Crippen LogP contribution in [0.3, 0.4) is 0 Å². The van der Waals surface area contributed by atoms with Crippen LogP contribution in [0.15, 0.2) is 54.6 Å². The van der Waals surface area contributed by atoms with Gasteiger partial charge in [0.1, 0.15) is 30.0 Å². The molecule has 1 atom stereocenters. The molecule has 0 fully saturated rings. The van der Waals surface area contributed by atoms with Gasteiger partial charge in [-0.15, -0.1) is 0 Å². The summed E-state index contributed by atoms with van der Waals surface area (Å²) in [6.07, 6.45) is 1.46. The van der Waals surface area contributed by atoms with E-state index in [9.17, 15) is 9.59 Å². The van der Waals surface area contributed by atoms with Crippen molar-refractivity contribution in [3.63, 3.8) is 0 Å². The minimum Gasteiger partial charge on any atom is -0.486 e. The number of methoxy groups -OCH3 is 1. The SMILES string of the molecule is CNOB(OCC(=O)OCC(=O)O)c1ccc(OC2CCc3c(Oc4ccc(OC)nc4C)cccc32)cc1. The zero-order chi connectivity index (χ0) is 27.8. The summed E-state index contributed by atoms with van der Waals surface area (Å²) in [5, 5.41) is 8.61. The molecule has 0 saturated carbocycles. The number of hydrogen-bond donors (Lipinski definition) is 2. The van der Waals surface area contributed by atoms with Crippen LogP contribution in [0, 0.1) is 6.92 Å². The number of rotatable bonds is 13. The summed E-state index contributed by atoms with van der Waals surface area (Å²) in [7, 11) is 2.20. The van der Waals surface area contributed by atoms with Crippen molar-refractivity contribution < 1.29 is 43.1 Å². The fourth-order valence-corrected chi connectivity index (χ4v) is 4.17. The van der Waals surface area contributed by atoms with Gasteiger partial charge in [0.15, 0.2) is 6.61 Å². The van der Waals surface area contributed by atoms with E-state index in [0.717, 1.165) is 35.4 Å². The maximum Gasteiger partial charge on any atom is 0.511 e. The average Bonchev–Trinajstić information content (AvgIpc) is 3.35. The second-order valence-corrected chi connectivity index (χ2v) is 8.60. The molecule has 1 aliphatic rings. The molecule has 0 saturated heterocycles. The van der Waals surface area contributed by atoms with Crippen LogP contribution in [-0.2, 0) is 30.2 Å². The van der Waals surface area contributed by atoms with E-state index in [1.54, 1.807) is 44.5 Å². The third-order valence-electron chi connectivity index (χ3n) is 5.98. The molecule has 12 heteroatoms. The number of carbonyl (C=O) groups is 2. The standard InChI is InChI=1S/C27H29BN2O9/c1-17-22(13-14-25(30-17)34-3)38-23-6-4-5-20-21(23)11-12-24(20)37-19-9-7-18(8-10-19)28(39-29-2)36-16-27(33)35-15-26(31)32/h4-10,13-14,24,29H,11-12,15-16H2,1-3H3,(H,31,32). The van der Waals surface area contributed by atoms with Gasteiger partial charge in [0.05, 0.1) is 12.8 Å². The lowest BCUT2D eigenvalue weighted by Gasteiger charge is -2.17. The third kappa shape index (κ3) is 7.26. The Morgan fingerprint density at radius 1 is 1.08 bits per heavy atom. The topological polar surface area (TPSA) is 135 Å². The van der Waals surface area contributed by atoms with Gasteiger partial charge in [0, 0.05) is 18.7 Å². The van der Waals surface area contributed by atoms with Gasteiger partial charge in [-0.1, -0.05) is 24.3 Å². The third-order valence-corrected chi connectivity index (χ3v) is 5.98. The number of hydroxylamine groups is 1. The number of ether oxygens (including phenoxy) is 4. The van der Waals surface area contributed by atoms with Crippen molar-refractivity contribution in [1.82, 2.24) is 10.5 Å². The molecule has 204 valence electrons. The number of nitrogens with one attached hydrogen (secondary N) is 1. The van der Waals surface area contributed by atoms with E-state index in [1.165, 1.54) is 0 Å². The van der Waals surface area contributed by atoms with E-state index in [1.807, 2.05) is 31.2 Å². The summed E-state index contributed by atoms with van der Waals surface area (Å²) in [5.74, 6) is 0.562. The summed E-state index contributed by atoms with van der Waals surface area (Å²) >= 11 is 0. The van der Waals surface area contributed by atoms with Crippen molar-refractivity contribution in [3.8, 4) is 23.1 Å². The van der Waals surface area contributed by atoms with E-state index in [-0.39, 0.29) is 6.10 Å². The molecule has 4 rings (SSSR count). The number of hydrogen-bond acceptors (Lipinski definition) is 10. The maximum atomic E-state index is 11.7. The number of nitrogens with zero attached hydrogens (tertiary/aromatic N) is 1. The Balaban J connectivity index is 1.40. The molecular weight excluding hydrogens is 507 g/mol. The second kappa shape index (κ2) is 13.1. The molecule has 1 aromatic heterocycles. The smallest absolute Gasteiger partial charge is 0.486 e. The number of aliphatic carboxylic acids is 1. The van der Waals surface area contributed by atoms with Crippen molar-refractivity contribution in [3.05, 3.63) is 71.4 Å². The van der Waals surface area contributed by atoms with Crippen molar-refractivity contribution in [2.24, 2.45) is 0 Å². The zero-order valence-corrected chi connectivity index (χ0v) is 21.8. The van der Waals surface area contributed by atoms with Crippen LogP contribution in [0.2, 0.25) is 0 Å². The van der Waals surface area contributed by atoms with Crippen molar-refractivity contribution in [1.29, 1.82) is 0 Å². The highest BCUT2D eigenvalue weighted by atomic mass is 16.7. The lowest BCUT2D eigenvalue weighted by atomic mass is 9.79. The minimum atomic E-state index is -1.25. The summed E-state index contributed by atoms with van der Waals surface area (Å²) in [6.45, 7) is 0.661. The molecule has 0 amide bonds. The summed E-state index contributed by atoms with van der Waals surface area (Å²) in [4.78, 5) is 26.6. The quantitative estimate of drug-likeness (QED) is 0.190. The van der Waals surface area contributed by atoms with Crippen LogP contribution in [0.4, 0.5) is 0 Å². The van der Waals surface area contributed by atoms with Gasteiger partial charge >= 0.3 is 19.1 Å². The fraction of sp³-hybridized carbons (Fsp3) is 0.296. The molecule has 0 aliphatic heterocycles. The Hall–Kier alpha value is -4.13. The van der Waals surface area contributed by atoms with Crippen LogP contribution < -0.4 is 25.2 Å². The number of carbonyl (C=O) groups excluding carboxylic acids is 1. The average molecular weight is 536 g/mol. The first-order valence-corrected chi connectivity index (χ1v) is 12.3. The number of esters is 1. The maximum absolute atomic E-state index is 11.7. The van der Waals surface area contributed by atoms with Crippen LogP contribution >= 0.6 is 0 Å². The van der Waals surface area contributed by atoms with Crippen molar-refractivity contribution >= 4 is 24.5 Å². The van der Waals surface area contributed by atoms with Gasteiger partial charge in [-0.2, -0.15) is 0 Å². The van der Waals surface area contributed by atoms with E-state index < -0.39 is 32.3 Å². The highest BCUT2D eigenvalue weighted by Crippen LogP contribution is 2.41. The lowest BCUT2D eigenvalue weighted by molar-refractivity contribution is -0.156. The van der Waals surface area contributed by atoms with Crippen LogP contribution in [0.5, 0.6) is 23.1 Å². The first-order chi connectivity index (χ1) is 18.9. The van der Waals surface area contributed by atoms with E-state index >= 15 is 0 Å². The van der Waals surface area contributed by atoms with Gasteiger partial charge in [0.25, 0.3) is 0 Å². The number of fused-ring (bicyclic) bond motifs is 1. The number of benzene rings is 2. The first-order valence-electron chi connectivity index (χ1n) is 12.3. The molecule has 3 aromatic rings. The van der Waals surface area contributed by atoms with E-state index in [0.29, 0.717) is 22.8 Å². The minimum absolute atomic E-state index is 0.144. The molecule has 0 spiro atoms. The Labute approximate surface area is 226 Å². The van der Waals surface area contributed by atoms with E-state index in [4.69, 9.17) is 28.7 Å². The zero-order valence-electron chi connectivity index (χ0n) is 21.8. The van der Waals surface area contributed by atoms with Gasteiger partial charge < -0.3 is 33.5 Å². The first kappa shape index (κ1) is 27.9. The molecule has 11 nitrogen and oxygen atoms in total. The summed E-state index contributed by atoms with van der Waals surface area (Å²) < 4.78 is 33.1. The van der Waals surface area contributed by atoms with Gasteiger partial charge in [-0.05, 0) is 55.1 Å². The molecule has 0 bridgehead atoms. The molecular formula is C27H29BN2O9. The lowest BCUT2D eigenvalue weighted by Crippen LogP contribution is -2.41. The molecule has 0 radical (unpaired) electrons. The number of carboxylic acids is 1. The Kier molecular flexibility index (Phi) is 9.37. The Bertz CT molecular complexity index is 1300. The number of aromatic nitrogens is 1. The Morgan fingerprint density at radius 3 is 2.56 bits per heavy atom. The molecule has 2 aromatic carbocycles. The predicted molar refractivity (Wildman–Crippen MR) is 140 cm³/mol. The Morgan fingerprint density at radius 2 is 1.87 bits per heavy atom. The largest absolute Gasteiger partial charge is 0.511 e. The normalized spacial score (nSPS) is 13.9. The molecule has 39 heavy (non-hydrogen) atoms. The summed E-state index contributed by atoms with van der Waals surface area (Å²) in [6, 6.07) is 16.6. The van der Waals surface area contributed by atoms with Gasteiger partial charge in [0.2, 0.25) is 5.88 Å². The fourth-order valence-electron chi connectivity index (χ4n) is 4.17. The second-order valence-electron chi connectivity index (χ2n) is 8.60. The van der Waals surface area contributed by atoms with Gasteiger partial charge in [-0.25, -0.2) is 20.1 Å². The van der Waals surface area contributed by atoms with Crippen molar-refractivity contribution in [2.45, 2.75) is 25.9 Å². The van der Waals surface area contributed by atoms with E-state index in [2.05, 4.69) is 15.2 Å². The van der Waals surface area contributed by atoms with Crippen molar-refractivity contribution in [2.75, 3.05) is 27.4 Å². The highest BCUT2D eigenvalue weighted by molar-refractivity contribution is 6.61. The number of carboxylic acid groups (broad SMARTS) is 1. The molecule has 1 unspecified atom stereocenters. The van der Waals surface area contributed by atoms with Crippen LogP contribution in [0.25, 0.3) is 0 Å². The molecule has 1 heterocycles. The predicted octanol–water partition coefficient (Wildman–Crippen LogP) is 2.75. The van der Waals surface area contributed by atoms with Gasteiger partial charge in [-0.3, -0.25) is 0 Å². The molecule has 2 N–H and O–H groups in total. The number of aryl methyl sites for hydroxylation is 1. The van der Waals surface area contributed by atoms with Crippen LogP contribution in [-0.4, -0.2) is 56.5 Å².